The van der Waals surface area contributed by atoms with E-state index in [0.29, 0.717) is 44.3 Å². The summed E-state index contributed by atoms with van der Waals surface area (Å²) < 4.78 is 25.1. The van der Waals surface area contributed by atoms with E-state index in [1.165, 1.54) is 36.2 Å². The monoisotopic (exact) mass is 646 g/mol. The van der Waals surface area contributed by atoms with Crippen LogP contribution < -0.4 is 5.32 Å². The second kappa shape index (κ2) is 12.6. The number of fused-ring (bicyclic) bond motifs is 5. The minimum absolute atomic E-state index is 0.0318. The van der Waals surface area contributed by atoms with Crippen LogP contribution in [-0.4, -0.2) is 39.9 Å². The van der Waals surface area contributed by atoms with E-state index in [0.717, 1.165) is 41.6 Å². The van der Waals surface area contributed by atoms with Gasteiger partial charge in [0.15, 0.2) is 5.60 Å². The molecular formula is C36H41FN3O5S+. The van der Waals surface area contributed by atoms with Gasteiger partial charge in [0.1, 0.15) is 17.2 Å². The van der Waals surface area contributed by atoms with Crippen molar-refractivity contribution in [1.29, 1.82) is 10.7 Å². The van der Waals surface area contributed by atoms with E-state index in [4.69, 9.17) is 19.8 Å². The molecule has 0 bridgehead atoms. The van der Waals surface area contributed by atoms with Gasteiger partial charge in [-0.2, -0.15) is 5.26 Å². The van der Waals surface area contributed by atoms with Crippen LogP contribution in [0.4, 0.5) is 10.1 Å². The van der Waals surface area contributed by atoms with E-state index in [1.54, 1.807) is 18.2 Å². The van der Waals surface area contributed by atoms with Gasteiger partial charge in [-0.3, -0.25) is 10.1 Å². The van der Waals surface area contributed by atoms with Crippen LogP contribution in [0.1, 0.15) is 75.8 Å². The van der Waals surface area contributed by atoms with Crippen molar-refractivity contribution >= 4 is 34.7 Å². The Morgan fingerprint density at radius 3 is 2.74 bits per heavy atom. The number of nitrogens with one attached hydrogen (secondary N) is 1. The molecule has 10 heteroatoms. The Bertz CT molecular complexity index is 1610. The third kappa shape index (κ3) is 5.36. The number of aliphatic hydroxyl groups is 1. The topological polar surface area (TPSA) is 141 Å². The Morgan fingerprint density at radius 1 is 1.26 bits per heavy atom. The molecule has 0 spiro atoms. The molecule has 6 rings (SSSR count). The van der Waals surface area contributed by atoms with E-state index >= 15 is 0 Å². The van der Waals surface area contributed by atoms with Crippen molar-refractivity contribution in [1.82, 2.24) is 0 Å². The molecule has 0 amide bonds. The number of carbonyl (C=O) groups excluding carboxylic acids is 2. The lowest BCUT2D eigenvalue weighted by Gasteiger charge is -2.60. The number of allylic oxidation sites excluding steroid dienone is 3. The van der Waals surface area contributed by atoms with Crippen molar-refractivity contribution in [3.63, 3.8) is 0 Å². The minimum Gasteiger partial charge on any atom is -0.457 e. The van der Waals surface area contributed by atoms with Crippen LogP contribution in [0.2, 0.25) is 0 Å². The summed E-state index contributed by atoms with van der Waals surface area (Å²) in [6.07, 6.45) is 8.69. The molecule has 3 saturated carbocycles. The van der Waals surface area contributed by atoms with Gasteiger partial charge in [-0.25, -0.2) is 9.18 Å². The lowest BCUT2D eigenvalue weighted by molar-refractivity contribution is -0.513. The summed E-state index contributed by atoms with van der Waals surface area (Å²) in [6.45, 7) is 4.22. The molecule has 3 fully saturated rings. The maximum Gasteiger partial charge on any atom is 0.375 e. The summed E-state index contributed by atoms with van der Waals surface area (Å²) in [5, 5.41) is 31.2. The van der Waals surface area contributed by atoms with E-state index in [9.17, 15) is 19.1 Å². The molecule has 8 nitrogen and oxygen atoms in total. The normalized spacial score (nSPS) is 33.2. The molecule has 1 aromatic carbocycles. The van der Waals surface area contributed by atoms with Crippen LogP contribution in [0.15, 0.2) is 70.0 Å². The van der Waals surface area contributed by atoms with E-state index in [-0.39, 0.29) is 39.9 Å². The molecule has 2 unspecified atom stereocenters. The molecule has 2 aromatic rings. The van der Waals surface area contributed by atoms with Crippen LogP contribution >= 0.6 is 11.8 Å². The third-order valence-corrected chi connectivity index (χ3v) is 12.5. The van der Waals surface area contributed by atoms with Crippen LogP contribution in [0.5, 0.6) is 0 Å². The highest BCUT2D eigenvalue weighted by Gasteiger charge is 2.70. The van der Waals surface area contributed by atoms with Crippen molar-refractivity contribution in [3.05, 3.63) is 77.2 Å². The van der Waals surface area contributed by atoms with Crippen LogP contribution in [0.25, 0.3) is 0 Å². The highest BCUT2D eigenvalue weighted by atomic mass is 32.2. The Labute approximate surface area is 273 Å². The summed E-state index contributed by atoms with van der Waals surface area (Å²) in [5.74, 6) is -0.474. The fourth-order valence-corrected chi connectivity index (χ4v) is 10.4. The predicted molar refractivity (Wildman–Crippen MR) is 171 cm³/mol. The summed E-state index contributed by atoms with van der Waals surface area (Å²) in [7, 11) is 0. The SMILES string of the molecule is C[C@]12CC(C=N)=C([NH2+]c3ccc(F)cc3)C=C1CC[C@@H]1C2[C@@H](O)C[C@@]2(C)C1CC[C@]2(OC(=O)c1ccco1)C(=O)SCCCC#N. The van der Waals surface area contributed by atoms with Gasteiger partial charge in [0.2, 0.25) is 10.9 Å². The number of nitrogens with zero attached hydrogens (tertiary/aromatic N) is 1. The average molecular weight is 647 g/mol. The number of carbonyl (C=O) groups is 2. The molecule has 4 N–H and O–H groups in total. The van der Waals surface area contributed by atoms with Crippen LogP contribution in [0, 0.1) is 51.1 Å². The number of aliphatic hydroxyl groups excluding tert-OH is 1. The quantitative estimate of drug-likeness (QED) is 0.127. The maximum absolute atomic E-state index is 14.2. The van der Waals surface area contributed by atoms with E-state index < -0.39 is 23.1 Å². The smallest absolute Gasteiger partial charge is 0.375 e. The Balaban J connectivity index is 1.31. The number of esters is 1. The molecule has 46 heavy (non-hydrogen) atoms. The summed E-state index contributed by atoms with van der Waals surface area (Å²) >= 11 is 1.11. The predicted octanol–water partition coefficient (Wildman–Crippen LogP) is 6.22. The van der Waals surface area contributed by atoms with Gasteiger partial charge in [-0.1, -0.05) is 31.2 Å². The molecule has 4 aliphatic carbocycles. The number of halogens is 1. The number of furan rings is 1. The molecule has 0 saturated heterocycles. The zero-order valence-electron chi connectivity index (χ0n) is 26.3. The fourth-order valence-electron chi connectivity index (χ4n) is 9.30. The zero-order chi connectivity index (χ0) is 32.7. The first-order valence-corrected chi connectivity index (χ1v) is 17.1. The van der Waals surface area contributed by atoms with Gasteiger partial charge in [0.05, 0.1) is 18.4 Å². The lowest BCUT2D eigenvalue weighted by atomic mass is 9.45. The average Bonchev–Trinajstić information content (AvgIpc) is 3.67. The lowest BCUT2D eigenvalue weighted by Crippen LogP contribution is -2.76. The van der Waals surface area contributed by atoms with Gasteiger partial charge in [0.25, 0.3) is 0 Å². The number of nitrogens with two attached hydrogens (primary N) is 1. The van der Waals surface area contributed by atoms with Crippen molar-refractivity contribution in [3.8, 4) is 6.07 Å². The molecule has 7 atom stereocenters. The van der Waals surface area contributed by atoms with Crippen molar-refractivity contribution in [2.24, 2.45) is 28.6 Å². The number of unbranched alkanes of at least 4 members (excludes halogenated alkanes) is 1. The number of hydrogen-bond acceptors (Lipinski definition) is 8. The highest BCUT2D eigenvalue weighted by Crippen LogP contribution is 2.69. The molecular weight excluding hydrogens is 605 g/mol. The van der Waals surface area contributed by atoms with Gasteiger partial charge >= 0.3 is 5.97 Å². The Morgan fingerprint density at radius 2 is 2.04 bits per heavy atom. The molecule has 1 aromatic heterocycles. The largest absolute Gasteiger partial charge is 0.457 e. The second-order valence-electron chi connectivity index (χ2n) is 13.7. The second-order valence-corrected chi connectivity index (χ2v) is 14.8. The minimum atomic E-state index is -1.44. The number of ether oxygens (including phenoxy) is 1. The van der Waals surface area contributed by atoms with E-state index in [1.807, 2.05) is 12.2 Å². The molecule has 0 radical (unpaired) electrons. The summed E-state index contributed by atoms with van der Waals surface area (Å²) in [5.41, 5.74) is 1.28. The van der Waals surface area contributed by atoms with E-state index in [2.05, 4.69) is 19.1 Å². The number of nitriles is 1. The first-order valence-electron chi connectivity index (χ1n) is 16.1. The zero-order valence-corrected chi connectivity index (χ0v) is 27.1. The van der Waals surface area contributed by atoms with Gasteiger partial charge in [-0.05, 0) is 98.5 Å². The molecule has 242 valence electrons. The first-order chi connectivity index (χ1) is 22.1. The standard InChI is InChI=1S/C36H40FN3O5S/c1-34-19-22(21-39)28(40-25-10-8-24(37)9-11-25)18-23(34)7-12-26-27-13-14-36(33(43)46-17-4-3-15-38,35(27,2)20-29(41)31(26)34)45-32(42)30-6-5-16-44-30/h5-6,8-11,16,18,21,26-27,29,31,39-41H,3-4,7,12-14,17,19-20H2,1-2H3/p+1/t26-,27?,29-,31?,34-,35-,36-/m0/s1. The first kappa shape index (κ1) is 32.4. The number of hydrogen-bond donors (Lipinski definition) is 3. The highest BCUT2D eigenvalue weighted by molar-refractivity contribution is 8.13. The summed E-state index contributed by atoms with van der Waals surface area (Å²) in [6, 6.07) is 11.6. The van der Waals surface area contributed by atoms with Crippen molar-refractivity contribution in [2.75, 3.05) is 5.75 Å². The van der Waals surface area contributed by atoms with Crippen molar-refractivity contribution < 1.29 is 33.6 Å². The Hall–Kier alpha value is -3.52. The van der Waals surface area contributed by atoms with Crippen molar-refractivity contribution in [2.45, 2.75) is 76.9 Å². The third-order valence-electron chi connectivity index (χ3n) is 11.4. The number of quaternary nitrogens is 1. The van der Waals surface area contributed by atoms with Gasteiger partial charge in [-0.15, -0.1) is 0 Å². The Kier molecular flexibility index (Phi) is 8.87. The molecule has 0 aliphatic heterocycles. The number of rotatable bonds is 9. The maximum atomic E-state index is 14.2. The number of thioether (sulfide) groups is 1. The molecule has 4 aliphatic rings. The van der Waals surface area contributed by atoms with Crippen LogP contribution in [0.3, 0.4) is 0 Å². The number of benzene rings is 1. The molecule has 1 heterocycles. The van der Waals surface area contributed by atoms with Gasteiger partial charge in [0, 0.05) is 41.5 Å². The fraction of sp³-hybridized carbons (Fsp3) is 0.500. The summed E-state index contributed by atoms with van der Waals surface area (Å²) in [4.78, 5) is 27.5. The van der Waals surface area contributed by atoms with Gasteiger partial charge < -0.3 is 19.7 Å². The van der Waals surface area contributed by atoms with Crippen LogP contribution in [-0.2, 0) is 9.53 Å².